The predicted octanol–water partition coefficient (Wildman–Crippen LogP) is 1.97. The zero-order valence-electron chi connectivity index (χ0n) is 17.0. The molecule has 2 aromatic heterocycles. The molecule has 1 N–H and O–H groups in total. The van der Waals surface area contributed by atoms with Crippen molar-refractivity contribution in [1.82, 2.24) is 25.0 Å². The van der Waals surface area contributed by atoms with Crippen LogP contribution in [0.3, 0.4) is 0 Å². The van der Waals surface area contributed by atoms with Gasteiger partial charge in [0.05, 0.1) is 26.4 Å². The van der Waals surface area contributed by atoms with Gasteiger partial charge in [0.2, 0.25) is 5.95 Å². The van der Waals surface area contributed by atoms with E-state index in [1.807, 2.05) is 29.2 Å². The third-order valence-corrected chi connectivity index (χ3v) is 5.44. The van der Waals surface area contributed by atoms with Crippen molar-refractivity contribution in [1.29, 1.82) is 0 Å². The molecule has 0 saturated carbocycles. The monoisotopic (exact) mass is 431 g/mol. The Labute approximate surface area is 180 Å². The van der Waals surface area contributed by atoms with Crippen molar-refractivity contribution in [3.05, 3.63) is 34.9 Å². The number of aliphatic hydroxyl groups is 1. The number of benzene rings is 1. The topological polar surface area (TPSA) is 92.4 Å². The average Bonchev–Trinajstić information content (AvgIpc) is 3.18. The summed E-state index contributed by atoms with van der Waals surface area (Å²) in [6, 6.07) is 7.68. The molecule has 0 bridgehead atoms. The summed E-state index contributed by atoms with van der Waals surface area (Å²) in [6.07, 6.45) is 0.923. The Morgan fingerprint density at radius 3 is 2.70 bits per heavy atom. The van der Waals surface area contributed by atoms with Gasteiger partial charge in [0.15, 0.2) is 17.0 Å². The molecule has 1 aromatic carbocycles. The minimum Gasteiger partial charge on any atom is -0.395 e. The standard InChI is InChI=1S/C20H26ClN7O2/c1-2-7-26(8-11-29)18-17-19(23-20(22-18)27-9-12-30-13-10-27)28(25-24-17)14-15-5-3-4-6-16(15)21/h3-6,29H,2,7-14H2,1H3. The van der Waals surface area contributed by atoms with Gasteiger partial charge in [-0.3, -0.25) is 0 Å². The molecule has 10 heteroatoms. The number of anilines is 2. The Bertz CT molecular complexity index is 984. The molecule has 1 aliphatic heterocycles. The number of fused-ring (bicyclic) bond motifs is 1. The summed E-state index contributed by atoms with van der Waals surface area (Å²) in [5.74, 6) is 1.32. The van der Waals surface area contributed by atoms with Gasteiger partial charge in [0.1, 0.15) is 0 Å². The van der Waals surface area contributed by atoms with Crippen molar-refractivity contribution in [2.45, 2.75) is 19.9 Å². The number of hydrogen-bond donors (Lipinski definition) is 1. The SMILES string of the molecule is CCCN(CCO)c1nc(N2CCOCC2)nc2c1nnn2Cc1ccccc1Cl. The van der Waals surface area contributed by atoms with Crippen LogP contribution in [0, 0.1) is 0 Å². The van der Waals surface area contributed by atoms with E-state index in [1.54, 1.807) is 4.68 Å². The van der Waals surface area contributed by atoms with E-state index in [4.69, 9.17) is 26.3 Å². The van der Waals surface area contributed by atoms with Crippen LogP contribution < -0.4 is 9.80 Å². The molecule has 0 spiro atoms. The number of halogens is 1. The molecular weight excluding hydrogens is 406 g/mol. The Morgan fingerprint density at radius 2 is 1.97 bits per heavy atom. The highest BCUT2D eigenvalue weighted by atomic mass is 35.5. The van der Waals surface area contributed by atoms with E-state index in [0.29, 0.717) is 54.3 Å². The molecule has 30 heavy (non-hydrogen) atoms. The molecule has 1 fully saturated rings. The Hall–Kier alpha value is -2.49. The molecule has 0 unspecified atom stereocenters. The van der Waals surface area contributed by atoms with E-state index in [0.717, 1.165) is 31.6 Å². The van der Waals surface area contributed by atoms with Crippen LogP contribution in [0.1, 0.15) is 18.9 Å². The average molecular weight is 432 g/mol. The zero-order chi connectivity index (χ0) is 20.9. The maximum atomic E-state index is 9.58. The minimum absolute atomic E-state index is 0.0339. The van der Waals surface area contributed by atoms with E-state index in [-0.39, 0.29) is 6.61 Å². The van der Waals surface area contributed by atoms with Crippen LogP contribution in [0.25, 0.3) is 11.2 Å². The summed E-state index contributed by atoms with van der Waals surface area (Å²) in [6.45, 7) is 6.56. The molecule has 0 aliphatic carbocycles. The molecule has 160 valence electrons. The lowest BCUT2D eigenvalue weighted by molar-refractivity contribution is 0.122. The molecule has 3 heterocycles. The molecule has 0 radical (unpaired) electrons. The van der Waals surface area contributed by atoms with Crippen LogP contribution in [-0.2, 0) is 11.3 Å². The third kappa shape index (κ3) is 4.33. The van der Waals surface area contributed by atoms with E-state index < -0.39 is 0 Å². The number of rotatable bonds is 8. The summed E-state index contributed by atoms with van der Waals surface area (Å²) in [5.41, 5.74) is 2.22. The maximum Gasteiger partial charge on any atom is 0.229 e. The van der Waals surface area contributed by atoms with Gasteiger partial charge in [-0.05, 0) is 18.1 Å². The first-order valence-electron chi connectivity index (χ1n) is 10.2. The van der Waals surface area contributed by atoms with Gasteiger partial charge >= 0.3 is 0 Å². The highest BCUT2D eigenvalue weighted by molar-refractivity contribution is 6.31. The number of ether oxygens (including phenoxy) is 1. The molecule has 0 amide bonds. The summed E-state index contributed by atoms with van der Waals surface area (Å²) < 4.78 is 7.24. The van der Waals surface area contributed by atoms with Gasteiger partial charge in [-0.15, -0.1) is 5.10 Å². The summed E-state index contributed by atoms with van der Waals surface area (Å²) in [7, 11) is 0. The predicted molar refractivity (Wildman–Crippen MR) is 116 cm³/mol. The molecule has 1 saturated heterocycles. The van der Waals surface area contributed by atoms with Crippen LogP contribution in [0.4, 0.5) is 11.8 Å². The number of morpholine rings is 1. The minimum atomic E-state index is 0.0339. The lowest BCUT2D eigenvalue weighted by Crippen LogP contribution is -2.38. The van der Waals surface area contributed by atoms with Crippen molar-refractivity contribution in [2.75, 3.05) is 55.8 Å². The first kappa shape index (κ1) is 20.8. The van der Waals surface area contributed by atoms with E-state index in [1.165, 1.54) is 0 Å². The summed E-state index contributed by atoms with van der Waals surface area (Å²) in [4.78, 5) is 13.8. The van der Waals surface area contributed by atoms with Crippen molar-refractivity contribution in [2.24, 2.45) is 0 Å². The Balaban J connectivity index is 1.80. The second-order valence-corrected chi connectivity index (χ2v) is 7.58. The normalized spacial score (nSPS) is 14.4. The summed E-state index contributed by atoms with van der Waals surface area (Å²) >= 11 is 6.36. The molecule has 9 nitrogen and oxygen atoms in total. The Morgan fingerprint density at radius 1 is 1.17 bits per heavy atom. The maximum absolute atomic E-state index is 9.58. The van der Waals surface area contributed by atoms with Gasteiger partial charge in [-0.25, -0.2) is 4.68 Å². The van der Waals surface area contributed by atoms with Crippen molar-refractivity contribution < 1.29 is 9.84 Å². The highest BCUT2D eigenvalue weighted by Gasteiger charge is 2.23. The van der Waals surface area contributed by atoms with Crippen LogP contribution in [0.5, 0.6) is 0 Å². The molecule has 0 atom stereocenters. The van der Waals surface area contributed by atoms with Crippen LogP contribution in [0.15, 0.2) is 24.3 Å². The van der Waals surface area contributed by atoms with Crippen LogP contribution in [-0.4, -0.2) is 76.1 Å². The second-order valence-electron chi connectivity index (χ2n) is 7.17. The van der Waals surface area contributed by atoms with Gasteiger partial charge in [0, 0.05) is 31.2 Å². The third-order valence-electron chi connectivity index (χ3n) is 5.07. The van der Waals surface area contributed by atoms with Crippen molar-refractivity contribution in [3.63, 3.8) is 0 Å². The molecule has 3 aromatic rings. The van der Waals surface area contributed by atoms with Gasteiger partial charge in [0.25, 0.3) is 0 Å². The number of aromatic nitrogens is 5. The second kappa shape index (κ2) is 9.55. The van der Waals surface area contributed by atoms with Crippen LogP contribution in [0.2, 0.25) is 5.02 Å². The van der Waals surface area contributed by atoms with Gasteiger partial charge in [-0.1, -0.05) is 41.9 Å². The van der Waals surface area contributed by atoms with Crippen LogP contribution >= 0.6 is 11.6 Å². The molecular formula is C20H26ClN7O2. The Kier molecular flexibility index (Phi) is 6.61. The quantitative estimate of drug-likeness (QED) is 0.578. The highest BCUT2D eigenvalue weighted by Crippen LogP contribution is 2.27. The molecule has 4 rings (SSSR count). The largest absolute Gasteiger partial charge is 0.395 e. The van der Waals surface area contributed by atoms with E-state index in [2.05, 4.69) is 22.1 Å². The lowest BCUT2D eigenvalue weighted by atomic mass is 10.2. The lowest BCUT2D eigenvalue weighted by Gasteiger charge is -2.28. The van der Waals surface area contributed by atoms with Gasteiger partial charge in [-0.2, -0.15) is 9.97 Å². The molecule has 1 aliphatic rings. The van der Waals surface area contributed by atoms with Gasteiger partial charge < -0.3 is 19.6 Å². The van der Waals surface area contributed by atoms with Crippen molar-refractivity contribution >= 4 is 34.5 Å². The fraction of sp³-hybridized carbons (Fsp3) is 0.500. The first-order chi connectivity index (χ1) is 14.7. The van der Waals surface area contributed by atoms with Crippen molar-refractivity contribution in [3.8, 4) is 0 Å². The summed E-state index contributed by atoms with van der Waals surface area (Å²) in [5, 5.41) is 19.0. The van der Waals surface area contributed by atoms with E-state index in [9.17, 15) is 5.11 Å². The fourth-order valence-electron chi connectivity index (χ4n) is 3.56. The zero-order valence-corrected chi connectivity index (χ0v) is 17.8. The smallest absolute Gasteiger partial charge is 0.229 e. The number of aliphatic hydroxyl groups excluding tert-OH is 1. The fourth-order valence-corrected chi connectivity index (χ4v) is 3.76. The van der Waals surface area contributed by atoms with E-state index >= 15 is 0 Å². The first-order valence-corrected chi connectivity index (χ1v) is 10.6. The number of hydrogen-bond acceptors (Lipinski definition) is 8. The number of nitrogens with zero attached hydrogens (tertiary/aromatic N) is 7.